The van der Waals surface area contributed by atoms with E-state index in [0.29, 0.717) is 24.3 Å². The van der Waals surface area contributed by atoms with Crippen molar-refractivity contribution >= 4 is 46.6 Å². The minimum Gasteiger partial charge on any atom is -0.367 e. The summed E-state index contributed by atoms with van der Waals surface area (Å²) in [7, 11) is 1.89. The van der Waals surface area contributed by atoms with Crippen molar-refractivity contribution in [1.29, 1.82) is 0 Å². The predicted molar refractivity (Wildman–Crippen MR) is 129 cm³/mol. The van der Waals surface area contributed by atoms with Crippen molar-refractivity contribution in [1.82, 2.24) is 14.5 Å². The van der Waals surface area contributed by atoms with Gasteiger partial charge in [-0.2, -0.15) is 0 Å². The van der Waals surface area contributed by atoms with Gasteiger partial charge in [0.25, 0.3) is 5.91 Å². The van der Waals surface area contributed by atoms with Crippen molar-refractivity contribution in [2.75, 3.05) is 42.1 Å². The van der Waals surface area contributed by atoms with Gasteiger partial charge in [-0.1, -0.05) is 35.5 Å². The van der Waals surface area contributed by atoms with Crippen molar-refractivity contribution in [2.45, 2.75) is 5.16 Å². The van der Waals surface area contributed by atoms with Gasteiger partial charge in [0.05, 0.1) is 16.5 Å². The quantitative estimate of drug-likeness (QED) is 0.556. The van der Waals surface area contributed by atoms with E-state index in [1.54, 1.807) is 30.5 Å². The van der Waals surface area contributed by atoms with E-state index in [-0.39, 0.29) is 17.6 Å². The Morgan fingerprint density at radius 3 is 2.44 bits per heavy atom. The first-order chi connectivity index (χ1) is 15.5. The van der Waals surface area contributed by atoms with E-state index in [9.17, 15) is 9.59 Å². The van der Waals surface area contributed by atoms with Crippen LogP contribution in [0.2, 0.25) is 5.02 Å². The highest BCUT2D eigenvalue weighted by Gasteiger charge is 2.23. The zero-order valence-electron chi connectivity index (χ0n) is 17.7. The van der Waals surface area contributed by atoms with Crippen LogP contribution in [0.1, 0.15) is 10.4 Å². The number of nitrogens with zero attached hydrogens (tertiary/aromatic N) is 4. The number of para-hydroxylation sites is 1. The summed E-state index contributed by atoms with van der Waals surface area (Å²) in [6, 6.07) is 14.8. The number of hydrogen-bond acceptors (Lipinski definition) is 5. The third kappa shape index (κ3) is 5.26. The van der Waals surface area contributed by atoms with Crippen LogP contribution in [0, 0.1) is 0 Å². The normalized spacial score (nSPS) is 13.8. The fourth-order valence-electron chi connectivity index (χ4n) is 3.56. The summed E-state index contributed by atoms with van der Waals surface area (Å²) in [5.74, 6) is 0.140. The number of carbonyl (C=O) groups excluding carboxylic acids is 2. The molecule has 1 aliphatic rings. The number of benzene rings is 2. The smallest absolute Gasteiger partial charge is 0.253 e. The van der Waals surface area contributed by atoms with Crippen molar-refractivity contribution in [3.8, 4) is 0 Å². The Balaban J connectivity index is 1.28. The van der Waals surface area contributed by atoms with E-state index in [1.807, 2.05) is 47.0 Å². The first-order valence-corrected chi connectivity index (χ1v) is 11.7. The lowest BCUT2D eigenvalue weighted by atomic mass is 10.1. The molecule has 0 atom stereocenters. The Kier molecular flexibility index (Phi) is 7.02. The van der Waals surface area contributed by atoms with Gasteiger partial charge in [0.1, 0.15) is 0 Å². The number of aromatic nitrogens is 2. The van der Waals surface area contributed by atoms with Crippen LogP contribution in [0.25, 0.3) is 0 Å². The third-order valence-corrected chi connectivity index (χ3v) is 6.66. The van der Waals surface area contributed by atoms with Gasteiger partial charge in [-0.05, 0) is 36.4 Å². The zero-order chi connectivity index (χ0) is 22.5. The minimum atomic E-state index is -0.118. The average Bonchev–Trinajstić information content (AvgIpc) is 3.23. The summed E-state index contributed by atoms with van der Waals surface area (Å²) in [6.07, 6.45) is 3.54. The van der Waals surface area contributed by atoms with Crippen molar-refractivity contribution < 1.29 is 9.59 Å². The van der Waals surface area contributed by atoms with E-state index in [0.717, 1.165) is 29.0 Å². The van der Waals surface area contributed by atoms with Gasteiger partial charge in [-0.3, -0.25) is 9.59 Å². The van der Waals surface area contributed by atoms with E-state index in [4.69, 9.17) is 11.6 Å². The van der Waals surface area contributed by atoms with Gasteiger partial charge in [0.2, 0.25) is 5.91 Å². The van der Waals surface area contributed by atoms with Crippen LogP contribution in [0.15, 0.2) is 66.1 Å². The SMILES string of the molecule is Cn1ccnc1SCC(=O)Nc1ccc(C(=O)N2CCN(c3ccccc3Cl)CC2)cc1. The van der Waals surface area contributed by atoms with E-state index >= 15 is 0 Å². The summed E-state index contributed by atoms with van der Waals surface area (Å²) in [4.78, 5) is 33.3. The van der Waals surface area contributed by atoms with Crippen LogP contribution in [-0.2, 0) is 11.8 Å². The lowest BCUT2D eigenvalue weighted by molar-refractivity contribution is -0.113. The molecule has 1 N–H and O–H groups in total. The summed E-state index contributed by atoms with van der Waals surface area (Å²) in [5, 5.41) is 4.37. The summed E-state index contributed by atoms with van der Waals surface area (Å²) in [6.45, 7) is 2.73. The number of halogens is 1. The standard InChI is InChI=1S/C23H24ClN5O2S/c1-27-11-10-25-23(27)32-16-21(30)26-18-8-6-17(7-9-18)22(31)29-14-12-28(13-15-29)20-5-3-2-4-19(20)24/h2-11H,12-16H2,1H3,(H,26,30). The number of piperazine rings is 1. The molecule has 2 aromatic carbocycles. The van der Waals surface area contributed by atoms with E-state index < -0.39 is 0 Å². The largest absolute Gasteiger partial charge is 0.367 e. The van der Waals surface area contributed by atoms with Gasteiger partial charge in [-0.15, -0.1) is 0 Å². The highest BCUT2D eigenvalue weighted by Crippen LogP contribution is 2.26. The number of carbonyl (C=O) groups is 2. The number of anilines is 2. The third-order valence-electron chi connectivity index (χ3n) is 5.28. The van der Waals surface area contributed by atoms with Gasteiger partial charge in [0.15, 0.2) is 5.16 Å². The highest BCUT2D eigenvalue weighted by molar-refractivity contribution is 7.99. The predicted octanol–water partition coefficient (Wildman–Crippen LogP) is 3.77. The molecule has 166 valence electrons. The van der Waals surface area contributed by atoms with Crippen LogP contribution in [0.5, 0.6) is 0 Å². The molecule has 2 amide bonds. The molecule has 0 spiro atoms. The Bertz CT molecular complexity index is 1090. The fourth-order valence-corrected chi connectivity index (χ4v) is 4.54. The molecule has 9 heteroatoms. The number of imidazole rings is 1. The Hall–Kier alpha value is -2.97. The van der Waals surface area contributed by atoms with E-state index in [2.05, 4.69) is 15.2 Å². The first-order valence-electron chi connectivity index (χ1n) is 10.3. The average molecular weight is 470 g/mol. The molecule has 32 heavy (non-hydrogen) atoms. The lowest BCUT2D eigenvalue weighted by Gasteiger charge is -2.36. The molecule has 0 unspecified atom stereocenters. The molecule has 0 bridgehead atoms. The second kappa shape index (κ2) is 10.1. The molecule has 7 nitrogen and oxygen atoms in total. The van der Waals surface area contributed by atoms with Gasteiger partial charge in [-0.25, -0.2) is 4.98 Å². The summed E-state index contributed by atoms with van der Waals surface area (Å²) in [5.41, 5.74) is 2.27. The first kappa shape index (κ1) is 22.2. The highest BCUT2D eigenvalue weighted by atomic mass is 35.5. The Morgan fingerprint density at radius 2 is 1.78 bits per heavy atom. The zero-order valence-corrected chi connectivity index (χ0v) is 19.3. The topological polar surface area (TPSA) is 70.5 Å². The molecule has 4 rings (SSSR count). The second-order valence-corrected chi connectivity index (χ2v) is 8.82. The second-order valence-electron chi connectivity index (χ2n) is 7.47. The number of nitrogens with one attached hydrogen (secondary N) is 1. The number of rotatable bonds is 6. The summed E-state index contributed by atoms with van der Waals surface area (Å²) < 4.78 is 1.87. The maximum Gasteiger partial charge on any atom is 0.253 e. The molecule has 3 aromatic rings. The lowest BCUT2D eigenvalue weighted by Crippen LogP contribution is -2.48. The van der Waals surface area contributed by atoms with Gasteiger partial charge < -0.3 is 19.7 Å². The number of thioether (sulfide) groups is 1. The van der Waals surface area contributed by atoms with Crippen molar-refractivity contribution in [3.63, 3.8) is 0 Å². The molecule has 0 saturated carbocycles. The molecular formula is C23H24ClN5O2S. The number of aryl methyl sites for hydroxylation is 1. The summed E-state index contributed by atoms with van der Waals surface area (Å²) >= 11 is 7.67. The maximum atomic E-state index is 12.9. The molecule has 1 aromatic heterocycles. The van der Waals surface area contributed by atoms with Crippen molar-refractivity contribution in [2.24, 2.45) is 7.05 Å². The molecule has 0 radical (unpaired) electrons. The number of hydrogen-bond donors (Lipinski definition) is 1. The molecule has 1 saturated heterocycles. The maximum absolute atomic E-state index is 12.9. The van der Waals surface area contributed by atoms with Crippen LogP contribution >= 0.6 is 23.4 Å². The van der Waals surface area contributed by atoms with Crippen LogP contribution in [0.4, 0.5) is 11.4 Å². The van der Waals surface area contributed by atoms with Crippen LogP contribution < -0.4 is 10.2 Å². The fraction of sp³-hybridized carbons (Fsp3) is 0.261. The Morgan fingerprint density at radius 1 is 1.06 bits per heavy atom. The minimum absolute atomic E-state index is 0.00739. The number of amides is 2. The van der Waals surface area contributed by atoms with Gasteiger partial charge >= 0.3 is 0 Å². The molecule has 0 aliphatic carbocycles. The van der Waals surface area contributed by atoms with Crippen molar-refractivity contribution in [3.05, 3.63) is 71.5 Å². The monoisotopic (exact) mass is 469 g/mol. The Labute approximate surface area is 196 Å². The van der Waals surface area contributed by atoms with E-state index in [1.165, 1.54) is 11.8 Å². The molecule has 1 aliphatic heterocycles. The van der Waals surface area contributed by atoms with Crippen LogP contribution in [0.3, 0.4) is 0 Å². The van der Waals surface area contributed by atoms with Gasteiger partial charge in [0, 0.05) is 56.9 Å². The van der Waals surface area contributed by atoms with Crippen LogP contribution in [-0.4, -0.2) is 58.2 Å². The molecule has 1 fully saturated rings. The molecular weight excluding hydrogens is 446 g/mol. The molecule has 2 heterocycles.